The van der Waals surface area contributed by atoms with Crippen LogP contribution in [0.5, 0.6) is 5.75 Å². The van der Waals surface area contributed by atoms with Crippen LogP contribution < -0.4 is 10.1 Å². The zero-order chi connectivity index (χ0) is 18.0. The van der Waals surface area contributed by atoms with E-state index in [2.05, 4.69) is 5.32 Å². The lowest BCUT2D eigenvalue weighted by molar-refractivity contribution is 0.0600. The fraction of sp³-hybridized carbons (Fsp3) is 0.300. The lowest BCUT2D eigenvalue weighted by Crippen LogP contribution is -2.34. The normalized spacial score (nSPS) is 15.2. The first-order valence-corrected chi connectivity index (χ1v) is 8.21. The summed E-state index contributed by atoms with van der Waals surface area (Å²) in [5.74, 6) is 0.278. The molecule has 0 fully saturated rings. The minimum Gasteiger partial charge on any atom is -0.488 e. The summed E-state index contributed by atoms with van der Waals surface area (Å²) in [7, 11) is 1.36. The summed E-state index contributed by atoms with van der Waals surface area (Å²) >= 11 is 0. The third-order valence-electron chi connectivity index (χ3n) is 4.34. The Morgan fingerprint density at radius 1 is 1.20 bits per heavy atom. The second-order valence-corrected chi connectivity index (χ2v) is 6.29. The van der Waals surface area contributed by atoms with E-state index >= 15 is 0 Å². The van der Waals surface area contributed by atoms with Crippen LogP contribution in [0.25, 0.3) is 0 Å². The maximum atomic E-state index is 12.4. The molecule has 1 heterocycles. The number of hydrogen-bond acceptors (Lipinski definition) is 4. The van der Waals surface area contributed by atoms with E-state index in [-0.39, 0.29) is 18.0 Å². The molecule has 0 aliphatic carbocycles. The Kier molecular flexibility index (Phi) is 4.74. The number of esters is 1. The van der Waals surface area contributed by atoms with E-state index in [4.69, 9.17) is 9.47 Å². The maximum Gasteiger partial charge on any atom is 0.337 e. The van der Waals surface area contributed by atoms with Crippen molar-refractivity contribution in [2.24, 2.45) is 0 Å². The molecular formula is C20H21NO4. The van der Waals surface area contributed by atoms with Gasteiger partial charge in [0.15, 0.2) is 0 Å². The molecule has 1 amide bonds. The van der Waals surface area contributed by atoms with Crippen LogP contribution in [0.2, 0.25) is 0 Å². The van der Waals surface area contributed by atoms with Crippen molar-refractivity contribution in [1.82, 2.24) is 5.32 Å². The molecule has 1 atom stereocenters. The fourth-order valence-electron chi connectivity index (χ4n) is 3.05. The van der Waals surface area contributed by atoms with Crippen molar-refractivity contribution in [3.05, 3.63) is 64.2 Å². The summed E-state index contributed by atoms with van der Waals surface area (Å²) < 4.78 is 10.6. The molecule has 5 heteroatoms. The lowest BCUT2D eigenvalue weighted by Gasteiger charge is -2.13. The Morgan fingerprint density at radius 3 is 2.72 bits per heavy atom. The number of amides is 1. The molecule has 1 N–H and O–H groups in total. The number of carbonyl (C=O) groups is 2. The van der Waals surface area contributed by atoms with Crippen molar-refractivity contribution in [1.29, 1.82) is 0 Å². The predicted octanol–water partition coefficient (Wildman–Crippen LogP) is 2.82. The molecule has 0 spiro atoms. The molecule has 1 unspecified atom stereocenters. The van der Waals surface area contributed by atoms with Crippen molar-refractivity contribution in [2.45, 2.75) is 26.4 Å². The third kappa shape index (κ3) is 3.65. The molecule has 0 saturated carbocycles. The van der Waals surface area contributed by atoms with Gasteiger partial charge < -0.3 is 14.8 Å². The predicted molar refractivity (Wildman–Crippen MR) is 94.2 cm³/mol. The summed E-state index contributed by atoms with van der Waals surface area (Å²) in [6.45, 7) is 4.34. The Balaban J connectivity index is 1.61. The first-order valence-electron chi connectivity index (χ1n) is 8.21. The second kappa shape index (κ2) is 6.97. The second-order valence-electron chi connectivity index (χ2n) is 6.29. The molecule has 0 bridgehead atoms. The van der Waals surface area contributed by atoms with Crippen LogP contribution in [-0.4, -0.2) is 31.6 Å². The van der Waals surface area contributed by atoms with Gasteiger partial charge in [0.05, 0.1) is 19.2 Å². The highest BCUT2D eigenvalue weighted by molar-refractivity contribution is 5.95. The highest BCUT2D eigenvalue weighted by atomic mass is 16.5. The molecule has 25 heavy (non-hydrogen) atoms. The van der Waals surface area contributed by atoms with E-state index in [1.54, 1.807) is 18.2 Å². The standard InChI is InChI=1S/C20H21NO4/c1-12-4-6-17(13(2)8-12)19(22)21-11-16-10-15-9-14(20(23)24-3)5-7-18(15)25-16/h4-9,16H,10-11H2,1-3H3,(H,21,22). The lowest BCUT2D eigenvalue weighted by atomic mass is 10.0. The van der Waals surface area contributed by atoms with Crippen molar-refractivity contribution >= 4 is 11.9 Å². The van der Waals surface area contributed by atoms with E-state index < -0.39 is 0 Å². The van der Waals surface area contributed by atoms with Gasteiger partial charge >= 0.3 is 5.97 Å². The van der Waals surface area contributed by atoms with Gasteiger partial charge in [0.1, 0.15) is 11.9 Å². The summed E-state index contributed by atoms with van der Waals surface area (Å²) in [6.07, 6.45) is 0.505. The summed E-state index contributed by atoms with van der Waals surface area (Å²) in [4.78, 5) is 24.0. The van der Waals surface area contributed by atoms with Crippen molar-refractivity contribution in [3.63, 3.8) is 0 Å². The molecule has 2 aromatic carbocycles. The SMILES string of the molecule is COC(=O)c1ccc2c(c1)CC(CNC(=O)c1ccc(C)cc1C)O2. The highest BCUT2D eigenvalue weighted by Gasteiger charge is 2.25. The number of rotatable bonds is 4. The zero-order valence-electron chi connectivity index (χ0n) is 14.6. The number of methoxy groups -OCH3 is 1. The van der Waals surface area contributed by atoms with Crippen molar-refractivity contribution in [2.75, 3.05) is 13.7 Å². The first-order chi connectivity index (χ1) is 12.0. The van der Waals surface area contributed by atoms with E-state index in [0.717, 1.165) is 22.4 Å². The minimum atomic E-state index is -0.366. The number of ether oxygens (including phenoxy) is 2. The Morgan fingerprint density at radius 2 is 2.00 bits per heavy atom. The van der Waals surface area contributed by atoms with Crippen LogP contribution in [0.3, 0.4) is 0 Å². The fourth-order valence-corrected chi connectivity index (χ4v) is 3.05. The maximum absolute atomic E-state index is 12.4. The number of hydrogen-bond donors (Lipinski definition) is 1. The van der Waals surface area contributed by atoms with Crippen LogP contribution in [0.1, 0.15) is 37.4 Å². The number of carbonyl (C=O) groups excluding carboxylic acids is 2. The van der Waals surface area contributed by atoms with E-state index in [1.807, 2.05) is 32.0 Å². The van der Waals surface area contributed by atoms with Gasteiger partial charge in [-0.15, -0.1) is 0 Å². The van der Waals surface area contributed by atoms with Crippen LogP contribution in [0.15, 0.2) is 36.4 Å². The van der Waals surface area contributed by atoms with Crippen LogP contribution >= 0.6 is 0 Å². The van der Waals surface area contributed by atoms with Gasteiger partial charge in [0.25, 0.3) is 5.91 Å². The first kappa shape index (κ1) is 17.0. The Hall–Kier alpha value is -2.82. The number of nitrogens with one attached hydrogen (secondary N) is 1. The van der Waals surface area contributed by atoms with Gasteiger partial charge in [0, 0.05) is 12.0 Å². The summed E-state index contributed by atoms with van der Waals surface area (Å²) in [5.41, 5.74) is 4.22. The molecule has 2 aromatic rings. The monoisotopic (exact) mass is 339 g/mol. The Labute approximate surface area is 147 Å². The molecule has 0 radical (unpaired) electrons. The largest absolute Gasteiger partial charge is 0.488 e. The van der Waals surface area contributed by atoms with Gasteiger partial charge in [-0.05, 0) is 49.2 Å². The van der Waals surface area contributed by atoms with Gasteiger partial charge in [-0.3, -0.25) is 4.79 Å². The van der Waals surface area contributed by atoms with E-state index in [9.17, 15) is 9.59 Å². The van der Waals surface area contributed by atoms with Crippen LogP contribution in [0.4, 0.5) is 0 Å². The topological polar surface area (TPSA) is 64.6 Å². The van der Waals surface area contributed by atoms with Crippen molar-refractivity contribution in [3.8, 4) is 5.75 Å². The molecule has 5 nitrogen and oxygen atoms in total. The van der Waals surface area contributed by atoms with Crippen LogP contribution in [0, 0.1) is 13.8 Å². The average Bonchev–Trinajstić information content (AvgIpc) is 3.01. The summed E-state index contributed by atoms with van der Waals surface area (Å²) in [6, 6.07) is 11.0. The van der Waals surface area contributed by atoms with Gasteiger partial charge in [-0.25, -0.2) is 4.79 Å². The zero-order valence-corrected chi connectivity index (χ0v) is 14.6. The smallest absolute Gasteiger partial charge is 0.337 e. The van der Waals surface area contributed by atoms with E-state index in [1.165, 1.54) is 7.11 Å². The third-order valence-corrected chi connectivity index (χ3v) is 4.34. The number of fused-ring (bicyclic) bond motifs is 1. The molecular weight excluding hydrogens is 318 g/mol. The van der Waals surface area contributed by atoms with Gasteiger partial charge in [-0.1, -0.05) is 17.7 Å². The van der Waals surface area contributed by atoms with Crippen molar-refractivity contribution < 1.29 is 19.1 Å². The molecule has 0 saturated heterocycles. The molecule has 0 aromatic heterocycles. The number of aryl methyl sites for hydroxylation is 2. The van der Waals surface area contributed by atoms with Gasteiger partial charge in [-0.2, -0.15) is 0 Å². The quantitative estimate of drug-likeness (QED) is 0.870. The van der Waals surface area contributed by atoms with E-state index in [0.29, 0.717) is 24.1 Å². The molecule has 130 valence electrons. The average molecular weight is 339 g/mol. The number of benzene rings is 2. The molecule has 3 rings (SSSR count). The molecule has 1 aliphatic rings. The van der Waals surface area contributed by atoms with Gasteiger partial charge in [0.2, 0.25) is 0 Å². The summed E-state index contributed by atoms with van der Waals surface area (Å²) in [5, 5.41) is 2.93. The highest BCUT2D eigenvalue weighted by Crippen LogP contribution is 2.29. The minimum absolute atomic E-state index is 0.104. The Bertz CT molecular complexity index is 828. The molecule has 1 aliphatic heterocycles. The van der Waals surface area contributed by atoms with Crippen LogP contribution in [-0.2, 0) is 11.2 Å².